The molecule has 0 bridgehead atoms. The minimum atomic E-state index is -2.99. The van der Waals surface area contributed by atoms with Gasteiger partial charge in [-0.3, -0.25) is 9.59 Å². The zero-order valence-electron chi connectivity index (χ0n) is 18.8. The van der Waals surface area contributed by atoms with E-state index in [4.69, 9.17) is 0 Å². The highest BCUT2D eigenvalue weighted by molar-refractivity contribution is 7.91. The normalized spacial score (nSPS) is 12.0. The maximum atomic E-state index is 12.7. The summed E-state index contributed by atoms with van der Waals surface area (Å²) >= 11 is 0. The molecular weight excluding hydrogens is 386 g/mol. The predicted octanol–water partition coefficient (Wildman–Crippen LogP) is 4.44. The predicted molar refractivity (Wildman–Crippen MR) is 119 cm³/mol. The summed E-state index contributed by atoms with van der Waals surface area (Å²) in [4.78, 5) is 26.7. The largest absolute Gasteiger partial charge is 0.334 e. The van der Waals surface area contributed by atoms with Crippen LogP contribution in [0.4, 0.5) is 0 Å². The molecule has 0 atom stereocenters. The second kappa shape index (κ2) is 11.5. The first kappa shape index (κ1) is 25.3. The van der Waals surface area contributed by atoms with Gasteiger partial charge in [0.25, 0.3) is 5.91 Å². The highest BCUT2D eigenvalue weighted by atomic mass is 32.2. The van der Waals surface area contributed by atoms with Crippen molar-refractivity contribution in [2.75, 3.05) is 5.75 Å². The van der Waals surface area contributed by atoms with E-state index >= 15 is 0 Å². The molecule has 6 heteroatoms. The first-order valence-electron chi connectivity index (χ1n) is 10.6. The van der Waals surface area contributed by atoms with Crippen LogP contribution in [0.2, 0.25) is 0 Å². The number of ketones is 1. The number of Topliss-reactive ketones (excluding diaryl/α,β-unsaturated/α-hetero) is 1. The fraction of sp³-hybridized carbons (Fsp3) is 0.652. The second-order valence-corrected chi connectivity index (χ2v) is 11.2. The van der Waals surface area contributed by atoms with Gasteiger partial charge < -0.3 is 4.90 Å². The number of nitrogens with zero attached hydrogens (tertiary/aromatic N) is 1. The molecule has 0 N–H and O–H groups in total. The van der Waals surface area contributed by atoms with E-state index in [1.54, 1.807) is 26.0 Å². The third kappa shape index (κ3) is 8.29. The van der Waals surface area contributed by atoms with Crippen LogP contribution < -0.4 is 0 Å². The number of sulfone groups is 1. The topological polar surface area (TPSA) is 71.5 Å². The van der Waals surface area contributed by atoms with E-state index in [1.807, 2.05) is 44.7 Å². The van der Waals surface area contributed by atoms with Crippen molar-refractivity contribution in [2.24, 2.45) is 0 Å². The summed E-state index contributed by atoms with van der Waals surface area (Å²) in [6, 6.07) is 7.52. The van der Waals surface area contributed by atoms with Crippen molar-refractivity contribution in [3.8, 4) is 0 Å². The van der Waals surface area contributed by atoms with Gasteiger partial charge in [-0.2, -0.15) is 0 Å². The Labute approximate surface area is 176 Å². The molecule has 1 aromatic rings. The minimum absolute atomic E-state index is 0.00391. The molecule has 1 rings (SSSR count). The van der Waals surface area contributed by atoms with Gasteiger partial charge in [0.1, 0.15) is 5.78 Å². The average molecular weight is 424 g/mol. The molecule has 0 saturated carbocycles. The van der Waals surface area contributed by atoms with E-state index in [0.717, 1.165) is 12.0 Å². The molecule has 0 radical (unpaired) electrons. The fourth-order valence-electron chi connectivity index (χ4n) is 3.33. The fourth-order valence-corrected chi connectivity index (χ4v) is 4.41. The van der Waals surface area contributed by atoms with Crippen LogP contribution in [0.5, 0.6) is 0 Å². The van der Waals surface area contributed by atoms with Gasteiger partial charge in [0.05, 0.1) is 11.0 Å². The maximum Gasteiger partial charge on any atom is 0.254 e. The molecule has 0 saturated heterocycles. The monoisotopic (exact) mass is 423 g/mol. The van der Waals surface area contributed by atoms with Crippen LogP contribution >= 0.6 is 0 Å². The minimum Gasteiger partial charge on any atom is -0.334 e. The molecule has 0 aromatic heterocycles. The number of unbranched alkanes of at least 4 members (excludes halogenated alkanes) is 2. The molecule has 0 aliphatic carbocycles. The summed E-state index contributed by atoms with van der Waals surface area (Å²) in [6.07, 6.45) is 2.85. The molecule has 164 valence electrons. The van der Waals surface area contributed by atoms with Gasteiger partial charge >= 0.3 is 0 Å². The van der Waals surface area contributed by atoms with Gasteiger partial charge in [0.15, 0.2) is 9.84 Å². The molecule has 29 heavy (non-hydrogen) atoms. The lowest BCUT2D eigenvalue weighted by atomic mass is 10.0. The SMILES string of the molecule is CC(C)N(C(=O)c1ccc(CC(=O)CCCCCS(=O)(=O)C(C)C)cc1)C(C)C. The Morgan fingerprint density at radius 1 is 0.862 bits per heavy atom. The number of rotatable bonds is 12. The zero-order valence-corrected chi connectivity index (χ0v) is 19.6. The number of amides is 1. The van der Waals surface area contributed by atoms with Gasteiger partial charge in [-0.15, -0.1) is 0 Å². The molecule has 0 aliphatic rings. The van der Waals surface area contributed by atoms with Crippen LogP contribution in [0, 0.1) is 0 Å². The summed E-state index contributed by atoms with van der Waals surface area (Å²) in [5.41, 5.74) is 1.53. The van der Waals surface area contributed by atoms with Crippen LogP contribution in [-0.2, 0) is 21.1 Å². The van der Waals surface area contributed by atoms with Crippen LogP contribution in [0.25, 0.3) is 0 Å². The summed E-state index contributed by atoms with van der Waals surface area (Å²) in [5.74, 6) is 0.337. The molecule has 0 heterocycles. The molecule has 0 unspecified atom stereocenters. The Hall–Kier alpha value is -1.69. The van der Waals surface area contributed by atoms with Crippen molar-refractivity contribution in [1.82, 2.24) is 4.90 Å². The third-order valence-corrected chi connectivity index (χ3v) is 7.35. The van der Waals surface area contributed by atoms with Crippen molar-refractivity contribution in [2.45, 2.75) is 91.0 Å². The number of benzene rings is 1. The Morgan fingerprint density at radius 2 is 1.41 bits per heavy atom. The van der Waals surface area contributed by atoms with Gasteiger partial charge in [-0.05, 0) is 72.1 Å². The van der Waals surface area contributed by atoms with Gasteiger partial charge in [0.2, 0.25) is 0 Å². The highest BCUT2D eigenvalue weighted by Crippen LogP contribution is 2.15. The summed E-state index contributed by atoms with van der Waals surface area (Å²) in [5, 5.41) is -0.341. The Morgan fingerprint density at radius 3 is 1.90 bits per heavy atom. The molecular formula is C23H37NO4S. The quantitative estimate of drug-likeness (QED) is 0.466. The summed E-state index contributed by atoms with van der Waals surface area (Å²) < 4.78 is 23.5. The summed E-state index contributed by atoms with van der Waals surface area (Å²) in [7, 11) is -2.99. The van der Waals surface area contributed by atoms with Crippen LogP contribution in [-0.4, -0.2) is 48.1 Å². The Balaban J connectivity index is 2.49. The number of hydrogen-bond donors (Lipinski definition) is 0. The van der Waals surface area contributed by atoms with Crippen molar-refractivity contribution < 1.29 is 18.0 Å². The van der Waals surface area contributed by atoms with E-state index in [-0.39, 0.29) is 34.8 Å². The van der Waals surface area contributed by atoms with Gasteiger partial charge in [0, 0.05) is 30.5 Å². The van der Waals surface area contributed by atoms with E-state index < -0.39 is 9.84 Å². The molecule has 0 spiro atoms. The highest BCUT2D eigenvalue weighted by Gasteiger charge is 2.21. The molecule has 5 nitrogen and oxygen atoms in total. The Kier molecular flexibility index (Phi) is 10.0. The first-order valence-corrected chi connectivity index (χ1v) is 12.3. The Bertz CT molecular complexity index is 757. The number of carbonyl (C=O) groups is 2. The van der Waals surface area contributed by atoms with E-state index in [9.17, 15) is 18.0 Å². The van der Waals surface area contributed by atoms with Gasteiger partial charge in [-0.25, -0.2) is 8.42 Å². The van der Waals surface area contributed by atoms with Crippen LogP contribution in [0.15, 0.2) is 24.3 Å². The standard InChI is InChI=1S/C23H37NO4S/c1-17(2)24(18(3)4)23(26)21-13-11-20(12-14-21)16-22(25)10-8-7-9-15-29(27,28)19(5)6/h11-14,17-19H,7-10,15-16H2,1-6H3. The average Bonchev–Trinajstić information content (AvgIpc) is 2.61. The van der Waals surface area contributed by atoms with Crippen LogP contribution in [0.3, 0.4) is 0 Å². The lowest BCUT2D eigenvalue weighted by molar-refractivity contribution is -0.118. The lowest BCUT2D eigenvalue weighted by Gasteiger charge is -2.30. The van der Waals surface area contributed by atoms with Crippen molar-refractivity contribution in [3.63, 3.8) is 0 Å². The molecule has 0 fully saturated rings. The van der Waals surface area contributed by atoms with Crippen LogP contribution in [0.1, 0.15) is 83.1 Å². The zero-order chi connectivity index (χ0) is 22.2. The smallest absolute Gasteiger partial charge is 0.254 e. The number of carbonyl (C=O) groups excluding carboxylic acids is 2. The third-order valence-electron chi connectivity index (χ3n) is 5.05. The van der Waals surface area contributed by atoms with Crippen molar-refractivity contribution in [3.05, 3.63) is 35.4 Å². The summed E-state index contributed by atoms with van der Waals surface area (Å²) in [6.45, 7) is 11.4. The van der Waals surface area contributed by atoms with E-state index in [1.165, 1.54) is 0 Å². The van der Waals surface area contributed by atoms with E-state index in [0.29, 0.717) is 31.2 Å². The van der Waals surface area contributed by atoms with Crippen molar-refractivity contribution >= 4 is 21.5 Å². The second-order valence-electron chi connectivity index (χ2n) is 8.54. The molecule has 0 aliphatic heterocycles. The number of hydrogen-bond acceptors (Lipinski definition) is 4. The molecule has 1 amide bonds. The first-order chi connectivity index (χ1) is 13.5. The lowest BCUT2D eigenvalue weighted by Crippen LogP contribution is -2.42. The van der Waals surface area contributed by atoms with Gasteiger partial charge in [-0.1, -0.05) is 18.6 Å². The maximum absolute atomic E-state index is 12.7. The van der Waals surface area contributed by atoms with E-state index in [2.05, 4.69) is 0 Å². The van der Waals surface area contributed by atoms with Crippen molar-refractivity contribution in [1.29, 1.82) is 0 Å². The molecule has 1 aromatic carbocycles.